The molecular weight excluding hydrogens is 390 g/mol. The third kappa shape index (κ3) is 3.83. The molecule has 2 atom stereocenters. The average Bonchev–Trinajstić information content (AvgIpc) is 3.15. The van der Waals surface area contributed by atoms with Crippen molar-refractivity contribution in [1.29, 1.82) is 0 Å². The first kappa shape index (κ1) is 18.7. The second-order valence-corrected chi connectivity index (χ2v) is 6.82. The monoisotopic (exact) mass is 407 g/mol. The van der Waals surface area contributed by atoms with Gasteiger partial charge in [0.15, 0.2) is 22.5 Å². The van der Waals surface area contributed by atoms with E-state index in [2.05, 4.69) is 25.6 Å². The van der Waals surface area contributed by atoms with Gasteiger partial charge in [0.1, 0.15) is 0 Å². The Morgan fingerprint density at radius 1 is 0.862 bits per heavy atom. The number of halogens is 1. The van der Waals surface area contributed by atoms with Crippen LogP contribution in [0, 0.1) is 0 Å². The standard InChI is InChI=1S/C20H18ClN7O/c21-16-18(23)27-17(22)15(24-16)19(29)28-20-25-13(11-7-3-1-4-8-11)14(26-20)12-9-5-2-6-10-12/h1-10,13-14H,(H4,22,23,27)(H2,25,26,28,29). The molecule has 0 bridgehead atoms. The molecule has 0 aliphatic carbocycles. The zero-order valence-electron chi connectivity index (χ0n) is 15.2. The van der Waals surface area contributed by atoms with Crippen LogP contribution in [0.2, 0.25) is 5.15 Å². The lowest BCUT2D eigenvalue weighted by atomic mass is 9.95. The van der Waals surface area contributed by atoms with Gasteiger partial charge in [0, 0.05) is 0 Å². The first-order valence-corrected chi connectivity index (χ1v) is 9.25. The van der Waals surface area contributed by atoms with Gasteiger partial charge < -0.3 is 22.1 Å². The predicted octanol–water partition coefficient (Wildman–Crippen LogP) is 2.47. The molecule has 1 aliphatic heterocycles. The maximum absolute atomic E-state index is 12.6. The summed E-state index contributed by atoms with van der Waals surface area (Å²) in [6.45, 7) is 0. The van der Waals surface area contributed by atoms with E-state index in [1.54, 1.807) is 0 Å². The summed E-state index contributed by atoms with van der Waals surface area (Å²) in [4.78, 5) is 24.5. The Hall–Kier alpha value is -3.65. The second kappa shape index (κ2) is 7.76. The molecule has 1 saturated heterocycles. The van der Waals surface area contributed by atoms with Crippen LogP contribution in [-0.2, 0) is 0 Å². The van der Waals surface area contributed by atoms with Crippen molar-refractivity contribution in [3.8, 4) is 0 Å². The molecule has 4 rings (SSSR count). The van der Waals surface area contributed by atoms with Gasteiger partial charge >= 0.3 is 5.91 Å². The minimum absolute atomic E-state index is 0.0428. The van der Waals surface area contributed by atoms with Crippen LogP contribution in [0.1, 0.15) is 33.7 Å². The van der Waals surface area contributed by atoms with E-state index in [-0.39, 0.29) is 34.6 Å². The van der Waals surface area contributed by atoms with Crippen molar-refractivity contribution in [1.82, 2.24) is 20.6 Å². The highest BCUT2D eigenvalue weighted by atomic mass is 35.5. The summed E-state index contributed by atoms with van der Waals surface area (Å²) in [6, 6.07) is 19.6. The van der Waals surface area contributed by atoms with Gasteiger partial charge in [-0.15, -0.1) is 0 Å². The predicted molar refractivity (Wildman–Crippen MR) is 112 cm³/mol. The molecule has 1 amide bonds. The number of guanidine groups is 1. The van der Waals surface area contributed by atoms with Crippen LogP contribution >= 0.6 is 11.6 Å². The number of carbonyl (C=O) groups excluding carboxylic acids is 1. The number of benzene rings is 2. The highest BCUT2D eigenvalue weighted by Gasteiger charge is 2.33. The number of aromatic nitrogens is 2. The van der Waals surface area contributed by atoms with E-state index in [0.29, 0.717) is 5.96 Å². The van der Waals surface area contributed by atoms with Crippen molar-refractivity contribution in [3.05, 3.63) is 82.6 Å². The Bertz CT molecular complexity index is 1020. The number of amides is 1. The Labute approximate surface area is 172 Å². The number of hydrogen-bond acceptors (Lipinski definition) is 5. The maximum atomic E-state index is 12.6. The number of rotatable bonds is 3. The van der Waals surface area contributed by atoms with Gasteiger partial charge in [0.2, 0.25) is 5.96 Å². The minimum atomic E-state index is -0.674. The molecule has 8 nitrogen and oxygen atoms in total. The Kier molecular flexibility index (Phi) is 5.01. The lowest BCUT2D eigenvalue weighted by Gasteiger charge is -2.19. The zero-order valence-corrected chi connectivity index (χ0v) is 16.0. The number of carbonyl (C=O) groups is 1. The molecule has 1 aromatic heterocycles. The summed E-state index contributed by atoms with van der Waals surface area (Å²) >= 11 is 5.87. The molecule has 2 heterocycles. The van der Waals surface area contributed by atoms with Crippen LogP contribution in [0.4, 0.5) is 11.6 Å². The van der Waals surface area contributed by atoms with Crippen LogP contribution in [0.5, 0.6) is 0 Å². The number of hydrogen-bond donors (Lipinski definition) is 4. The summed E-state index contributed by atoms with van der Waals surface area (Å²) in [6.07, 6.45) is 0. The Morgan fingerprint density at radius 2 is 1.38 bits per heavy atom. The Balaban J connectivity index is 1.67. The molecule has 1 fully saturated rings. The van der Waals surface area contributed by atoms with Crippen molar-refractivity contribution >= 4 is 35.1 Å². The highest BCUT2D eigenvalue weighted by Crippen LogP contribution is 2.32. The molecular formula is C20H18ClN7O. The number of anilines is 2. The molecule has 0 radical (unpaired) electrons. The van der Waals surface area contributed by atoms with Gasteiger partial charge in [-0.1, -0.05) is 72.3 Å². The topological polar surface area (TPSA) is 131 Å². The van der Waals surface area contributed by atoms with Crippen LogP contribution in [-0.4, -0.2) is 21.8 Å². The van der Waals surface area contributed by atoms with Crippen LogP contribution in [0.3, 0.4) is 0 Å². The maximum Gasteiger partial charge on any atom is 0.302 e. The Morgan fingerprint density at radius 3 is 1.90 bits per heavy atom. The quantitative estimate of drug-likeness (QED) is 0.524. The lowest BCUT2D eigenvalue weighted by molar-refractivity contribution is 0.0998. The van der Waals surface area contributed by atoms with Gasteiger partial charge in [0.05, 0.1) is 12.1 Å². The van der Waals surface area contributed by atoms with E-state index >= 15 is 0 Å². The normalized spacial score (nSPS) is 18.0. The summed E-state index contributed by atoms with van der Waals surface area (Å²) in [7, 11) is 0. The van der Waals surface area contributed by atoms with Gasteiger partial charge in [-0.25, -0.2) is 9.97 Å². The first-order valence-electron chi connectivity index (χ1n) is 8.87. The SMILES string of the molecule is Nc1nc(N)c(C(=O)N=C2NC(c3ccccc3)C(c3ccccc3)N2)nc1Cl. The number of nitrogen functional groups attached to an aromatic ring is 2. The second-order valence-electron chi connectivity index (χ2n) is 6.46. The van der Waals surface area contributed by atoms with Crippen LogP contribution in [0.15, 0.2) is 65.7 Å². The molecule has 3 aromatic rings. The third-order valence-corrected chi connectivity index (χ3v) is 4.83. The van der Waals surface area contributed by atoms with Crippen molar-refractivity contribution < 1.29 is 4.79 Å². The van der Waals surface area contributed by atoms with Crippen LogP contribution in [0.25, 0.3) is 0 Å². The third-order valence-electron chi connectivity index (χ3n) is 4.56. The van der Waals surface area contributed by atoms with Crippen LogP contribution < -0.4 is 22.1 Å². The fraction of sp³-hybridized carbons (Fsp3) is 0.100. The zero-order chi connectivity index (χ0) is 20.4. The minimum Gasteiger partial charge on any atom is -0.382 e. The fourth-order valence-electron chi connectivity index (χ4n) is 3.19. The molecule has 1 aliphatic rings. The van der Waals surface area contributed by atoms with Crippen molar-refractivity contribution in [2.45, 2.75) is 12.1 Å². The number of nitrogens with two attached hydrogens (primary N) is 2. The molecule has 0 spiro atoms. The smallest absolute Gasteiger partial charge is 0.302 e. The van der Waals surface area contributed by atoms with E-state index in [4.69, 9.17) is 23.1 Å². The van der Waals surface area contributed by atoms with E-state index in [9.17, 15) is 4.79 Å². The van der Waals surface area contributed by atoms with Crippen molar-refractivity contribution in [2.75, 3.05) is 11.5 Å². The van der Waals surface area contributed by atoms with Gasteiger partial charge in [-0.2, -0.15) is 4.99 Å². The van der Waals surface area contributed by atoms with E-state index in [1.807, 2.05) is 60.7 Å². The van der Waals surface area contributed by atoms with E-state index in [1.165, 1.54) is 0 Å². The molecule has 146 valence electrons. The largest absolute Gasteiger partial charge is 0.382 e. The average molecular weight is 408 g/mol. The summed E-state index contributed by atoms with van der Waals surface area (Å²) in [5.74, 6) is -0.531. The molecule has 2 aromatic carbocycles. The number of aliphatic imine (C=N–C) groups is 1. The number of nitrogens with zero attached hydrogens (tertiary/aromatic N) is 3. The molecule has 6 N–H and O–H groups in total. The molecule has 0 saturated carbocycles. The highest BCUT2D eigenvalue weighted by molar-refractivity contribution is 6.31. The van der Waals surface area contributed by atoms with E-state index in [0.717, 1.165) is 11.1 Å². The van der Waals surface area contributed by atoms with Crippen molar-refractivity contribution in [2.24, 2.45) is 4.99 Å². The molecule has 2 unspecified atom stereocenters. The van der Waals surface area contributed by atoms with E-state index < -0.39 is 5.91 Å². The molecule has 29 heavy (non-hydrogen) atoms. The van der Waals surface area contributed by atoms with Gasteiger partial charge in [-0.3, -0.25) is 4.79 Å². The summed E-state index contributed by atoms with van der Waals surface area (Å²) in [5, 5.41) is 6.45. The summed E-state index contributed by atoms with van der Waals surface area (Å²) < 4.78 is 0. The lowest BCUT2D eigenvalue weighted by Crippen LogP contribution is -2.27. The number of nitrogens with one attached hydrogen (secondary N) is 2. The molecule has 9 heteroatoms. The first-order chi connectivity index (χ1) is 14.0. The van der Waals surface area contributed by atoms with Crippen molar-refractivity contribution in [3.63, 3.8) is 0 Å². The van der Waals surface area contributed by atoms with Gasteiger partial charge in [0.25, 0.3) is 0 Å². The fourth-order valence-corrected chi connectivity index (χ4v) is 3.32. The summed E-state index contributed by atoms with van der Waals surface area (Å²) in [5.41, 5.74) is 13.3. The van der Waals surface area contributed by atoms with Gasteiger partial charge in [-0.05, 0) is 11.1 Å².